The van der Waals surface area contributed by atoms with Crippen molar-refractivity contribution in [2.24, 2.45) is 0 Å². The molecule has 0 heterocycles. The van der Waals surface area contributed by atoms with Crippen LogP contribution in [0.4, 0.5) is 0 Å². The van der Waals surface area contributed by atoms with Gasteiger partial charge in [-0.05, 0) is 47.5 Å². The number of halogens is 2. The van der Waals surface area contributed by atoms with E-state index in [1.807, 2.05) is 6.92 Å². The molecule has 0 radical (unpaired) electrons. The van der Waals surface area contributed by atoms with E-state index in [1.54, 1.807) is 19.1 Å². The van der Waals surface area contributed by atoms with Gasteiger partial charge in [0, 0.05) is 15.0 Å². The first kappa shape index (κ1) is 14.9. The van der Waals surface area contributed by atoms with E-state index in [2.05, 4.69) is 43.2 Å². The topological polar surface area (TPSA) is 46.2 Å². The van der Waals surface area contributed by atoms with E-state index < -0.39 is 10.0 Å². The summed E-state index contributed by atoms with van der Waals surface area (Å²) in [6, 6.07) is 3.03. The largest absolute Gasteiger partial charge is 0.242 e. The van der Waals surface area contributed by atoms with Gasteiger partial charge in [-0.25, -0.2) is 13.1 Å². The van der Waals surface area contributed by atoms with Crippen LogP contribution in [0.5, 0.6) is 0 Å². The molecule has 0 aromatic heterocycles. The summed E-state index contributed by atoms with van der Waals surface area (Å²) in [7, 11) is -3.54. The zero-order valence-corrected chi connectivity index (χ0v) is 13.5. The lowest BCUT2D eigenvalue weighted by Gasteiger charge is -2.12. The average Bonchev–Trinajstić information content (AvgIpc) is 2.22. The van der Waals surface area contributed by atoms with Gasteiger partial charge in [0.25, 0.3) is 0 Å². The molecule has 1 N–H and O–H groups in total. The first-order chi connectivity index (χ1) is 7.77. The van der Waals surface area contributed by atoms with Gasteiger partial charge in [-0.1, -0.05) is 22.0 Å². The van der Waals surface area contributed by atoms with Gasteiger partial charge in [-0.3, -0.25) is 0 Å². The summed E-state index contributed by atoms with van der Waals surface area (Å²) in [6.07, 6.45) is 1.54. The minimum Gasteiger partial charge on any atom is -0.207 e. The van der Waals surface area contributed by atoms with Crippen molar-refractivity contribution in [2.75, 3.05) is 0 Å². The van der Waals surface area contributed by atoms with Crippen LogP contribution >= 0.6 is 31.9 Å². The fourth-order valence-corrected chi connectivity index (χ4v) is 4.08. The Morgan fingerprint density at radius 1 is 1.35 bits per heavy atom. The maximum atomic E-state index is 12.1. The zero-order valence-electron chi connectivity index (χ0n) is 9.50. The van der Waals surface area contributed by atoms with Crippen LogP contribution in [-0.2, 0) is 10.0 Å². The highest BCUT2D eigenvalue weighted by Crippen LogP contribution is 2.28. The Hall–Kier alpha value is -0.170. The van der Waals surface area contributed by atoms with E-state index in [0.717, 1.165) is 10.0 Å². The van der Waals surface area contributed by atoms with Crippen molar-refractivity contribution >= 4 is 41.9 Å². The van der Waals surface area contributed by atoms with Crippen LogP contribution in [0.1, 0.15) is 12.5 Å². The minimum absolute atomic E-state index is 0.212. The van der Waals surface area contributed by atoms with Crippen LogP contribution in [0, 0.1) is 6.92 Å². The summed E-state index contributed by atoms with van der Waals surface area (Å²) in [5.74, 6) is 0. The van der Waals surface area contributed by atoms with Crippen molar-refractivity contribution < 1.29 is 8.42 Å². The van der Waals surface area contributed by atoms with Crippen LogP contribution in [-0.4, -0.2) is 14.5 Å². The highest BCUT2D eigenvalue weighted by Gasteiger charge is 2.20. The van der Waals surface area contributed by atoms with Gasteiger partial charge in [0.05, 0.1) is 4.90 Å². The standard InChI is InChI=1S/C11H13Br2NO2S/c1-4-8(3)14-17(15,16)11-6-9(12)7(2)5-10(11)13/h4-6,8,14H,1H2,2-3H3. The predicted molar refractivity (Wildman–Crippen MR) is 76.6 cm³/mol. The highest BCUT2D eigenvalue weighted by molar-refractivity contribution is 9.11. The van der Waals surface area contributed by atoms with E-state index >= 15 is 0 Å². The second-order valence-corrected chi connectivity index (χ2v) is 7.07. The maximum Gasteiger partial charge on any atom is 0.242 e. The number of rotatable bonds is 4. The molecule has 0 aliphatic carbocycles. The number of sulfonamides is 1. The maximum absolute atomic E-state index is 12.1. The molecule has 1 aromatic rings. The van der Waals surface area contributed by atoms with E-state index in [0.29, 0.717) is 4.47 Å². The summed E-state index contributed by atoms with van der Waals surface area (Å²) >= 11 is 6.59. The first-order valence-corrected chi connectivity index (χ1v) is 7.95. The van der Waals surface area contributed by atoms with Gasteiger partial charge >= 0.3 is 0 Å². The van der Waals surface area contributed by atoms with Crippen LogP contribution in [0.25, 0.3) is 0 Å². The third-order valence-electron chi connectivity index (χ3n) is 2.20. The molecule has 17 heavy (non-hydrogen) atoms. The predicted octanol–water partition coefficient (Wildman–Crippen LogP) is 3.37. The molecule has 1 rings (SSSR count). The number of nitrogens with one attached hydrogen (secondary N) is 1. The Kier molecular flexibility index (Phi) is 4.95. The van der Waals surface area contributed by atoms with Crippen molar-refractivity contribution in [3.8, 4) is 0 Å². The first-order valence-electron chi connectivity index (χ1n) is 4.88. The fraction of sp³-hybridized carbons (Fsp3) is 0.273. The third kappa shape index (κ3) is 3.64. The molecule has 0 bridgehead atoms. The monoisotopic (exact) mass is 381 g/mol. The Labute approximate surface area is 119 Å². The molecule has 1 atom stereocenters. The van der Waals surface area contributed by atoms with Crippen LogP contribution in [0.2, 0.25) is 0 Å². The summed E-state index contributed by atoms with van der Waals surface area (Å²) in [4.78, 5) is 0.212. The number of hydrogen-bond donors (Lipinski definition) is 1. The molecule has 1 unspecified atom stereocenters. The van der Waals surface area contributed by atoms with Crippen molar-refractivity contribution in [3.63, 3.8) is 0 Å². The normalized spacial score (nSPS) is 13.4. The fourth-order valence-electron chi connectivity index (χ4n) is 1.19. The van der Waals surface area contributed by atoms with Crippen LogP contribution in [0.3, 0.4) is 0 Å². The molecule has 0 fully saturated rings. The second kappa shape index (κ2) is 5.65. The Balaban J connectivity index is 3.24. The zero-order chi connectivity index (χ0) is 13.2. The lowest BCUT2D eigenvalue weighted by atomic mass is 10.2. The van der Waals surface area contributed by atoms with E-state index in [-0.39, 0.29) is 10.9 Å². The molecule has 3 nitrogen and oxygen atoms in total. The van der Waals surface area contributed by atoms with Crippen molar-refractivity contribution in [2.45, 2.75) is 24.8 Å². The van der Waals surface area contributed by atoms with Gasteiger partial charge in [0.1, 0.15) is 0 Å². The quantitative estimate of drug-likeness (QED) is 0.811. The van der Waals surface area contributed by atoms with E-state index in [9.17, 15) is 8.42 Å². The number of benzene rings is 1. The van der Waals surface area contributed by atoms with Gasteiger partial charge in [-0.2, -0.15) is 0 Å². The summed E-state index contributed by atoms with van der Waals surface area (Å²) in [5, 5.41) is 0. The Morgan fingerprint density at radius 2 is 1.94 bits per heavy atom. The molecule has 0 aliphatic rings. The number of hydrogen-bond acceptors (Lipinski definition) is 2. The lowest BCUT2D eigenvalue weighted by Crippen LogP contribution is -2.31. The highest BCUT2D eigenvalue weighted by atomic mass is 79.9. The summed E-state index contributed by atoms with van der Waals surface area (Å²) < 4.78 is 28.0. The molecular formula is C11H13Br2NO2S. The van der Waals surface area contributed by atoms with Crippen molar-refractivity contribution in [3.05, 3.63) is 39.3 Å². The van der Waals surface area contributed by atoms with Crippen molar-refractivity contribution in [1.82, 2.24) is 4.72 Å². The number of aryl methyl sites for hydroxylation is 1. The third-order valence-corrected chi connectivity index (χ3v) is 5.57. The Bertz CT molecular complexity index is 541. The average molecular weight is 383 g/mol. The van der Waals surface area contributed by atoms with E-state index in [1.165, 1.54) is 6.08 Å². The second-order valence-electron chi connectivity index (χ2n) is 3.68. The molecule has 94 valence electrons. The molecule has 0 amide bonds. The van der Waals surface area contributed by atoms with Crippen LogP contribution < -0.4 is 4.72 Å². The van der Waals surface area contributed by atoms with Gasteiger partial charge in [0.15, 0.2) is 0 Å². The summed E-state index contributed by atoms with van der Waals surface area (Å²) in [5.41, 5.74) is 0.965. The van der Waals surface area contributed by atoms with E-state index in [4.69, 9.17) is 0 Å². The molecular weight excluding hydrogens is 370 g/mol. The van der Waals surface area contributed by atoms with Gasteiger partial charge in [-0.15, -0.1) is 6.58 Å². The molecule has 0 spiro atoms. The molecule has 1 aromatic carbocycles. The molecule has 0 saturated carbocycles. The van der Waals surface area contributed by atoms with Crippen molar-refractivity contribution in [1.29, 1.82) is 0 Å². The molecule has 6 heteroatoms. The smallest absolute Gasteiger partial charge is 0.207 e. The van der Waals surface area contributed by atoms with Gasteiger partial charge < -0.3 is 0 Å². The molecule has 0 aliphatic heterocycles. The minimum atomic E-state index is -3.54. The SMILES string of the molecule is C=CC(C)NS(=O)(=O)c1cc(Br)c(C)cc1Br. The van der Waals surface area contributed by atoms with Gasteiger partial charge in [0.2, 0.25) is 10.0 Å². The molecule has 0 saturated heterocycles. The van der Waals surface area contributed by atoms with Crippen LogP contribution in [0.15, 0.2) is 38.6 Å². The Morgan fingerprint density at radius 3 is 2.47 bits per heavy atom. The summed E-state index contributed by atoms with van der Waals surface area (Å²) in [6.45, 7) is 7.16. The lowest BCUT2D eigenvalue weighted by molar-refractivity contribution is 0.575.